The van der Waals surface area contributed by atoms with Crippen LogP contribution in [0.2, 0.25) is 0 Å². The lowest BCUT2D eigenvalue weighted by molar-refractivity contribution is 0.0522. The van der Waals surface area contributed by atoms with Crippen LogP contribution in [0, 0.1) is 0 Å². The molecule has 18 heavy (non-hydrogen) atoms. The molecule has 0 aliphatic heterocycles. The zero-order valence-corrected chi connectivity index (χ0v) is 10.9. The molecule has 2 N–H and O–H groups in total. The molecule has 0 saturated heterocycles. The summed E-state index contributed by atoms with van der Waals surface area (Å²) in [5.41, 5.74) is -0.123. The number of aromatic nitrogens is 2. The van der Waals surface area contributed by atoms with Crippen molar-refractivity contribution in [1.29, 1.82) is 0 Å². The topological polar surface area (TPSA) is 110 Å². The van der Waals surface area contributed by atoms with Crippen molar-refractivity contribution in [2.75, 3.05) is 26.9 Å². The Kier molecular flexibility index (Phi) is 5.25. The highest BCUT2D eigenvalue weighted by atomic mass is 32.2. The molecule has 102 valence electrons. The fourth-order valence-electron chi connectivity index (χ4n) is 1.18. The smallest absolute Gasteiger partial charge is 0.342 e. The third-order valence-corrected chi connectivity index (χ3v) is 3.40. The highest BCUT2D eigenvalue weighted by molar-refractivity contribution is 7.89. The van der Waals surface area contributed by atoms with E-state index in [1.54, 1.807) is 6.92 Å². The number of carbonyl (C=O) groups is 1. The molecule has 1 aromatic rings. The van der Waals surface area contributed by atoms with Crippen molar-refractivity contribution >= 4 is 16.0 Å². The van der Waals surface area contributed by atoms with E-state index in [1.165, 1.54) is 7.11 Å². The lowest BCUT2D eigenvalue weighted by Gasteiger charge is -2.06. The average molecular weight is 277 g/mol. The Hall–Kier alpha value is -1.45. The number of methoxy groups -OCH3 is 1. The minimum atomic E-state index is -3.83. The van der Waals surface area contributed by atoms with Crippen molar-refractivity contribution in [3.63, 3.8) is 0 Å². The van der Waals surface area contributed by atoms with Crippen LogP contribution in [0.3, 0.4) is 0 Å². The molecule has 9 heteroatoms. The number of carbonyl (C=O) groups excluding carboxylic acids is 1. The molecule has 0 radical (unpaired) electrons. The van der Waals surface area contributed by atoms with Gasteiger partial charge in [-0.2, -0.15) is 5.10 Å². The van der Waals surface area contributed by atoms with Crippen LogP contribution in [0.5, 0.6) is 0 Å². The van der Waals surface area contributed by atoms with Crippen LogP contribution in [0.1, 0.15) is 17.3 Å². The van der Waals surface area contributed by atoms with Crippen LogP contribution in [0.15, 0.2) is 11.2 Å². The van der Waals surface area contributed by atoms with Gasteiger partial charge in [-0.15, -0.1) is 0 Å². The molecule has 1 aromatic heterocycles. The summed E-state index contributed by atoms with van der Waals surface area (Å²) in [6.07, 6.45) is 1.11. The van der Waals surface area contributed by atoms with Gasteiger partial charge in [-0.05, 0) is 6.92 Å². The Balaban J connectivity index is 2.89. The Bertz CT molecular complexity index is 496. The zero-order chi connectivity index (χ0) is 13.6. The number of ether oxygens (including phenoxy) is 2. The van der Waals surface area contributed by atoms with Gasteiger partial charge < -0.3 is 9.47 Å². The van der Waals surface area contributed by atoms with E-state index in [2.05, 4.69) is 14.9 Å². The molecule has 8 nitrogen and oxygen atoms in total. The van der Waals surface area contributed by atoms with Gasteiger partial charge in [-0.3, -0.25) is 5.10 Å². The number of hydrogen-bond acceptors (Lipinski definition) is 6. The van der Waals surface area contributed by atoms with Crippen molar-refractivity contribution in [2.45, 2.75) is 11.9 Å². The lowest BCUT2D eigenvalue weighted by atomic mass is 10.4. The molecule has 0 aliphatic carbocycles. The van der Waals surface area contributed by atoms with Gasteiger partial charge in [0.05, 0.1) is 19.4 Å². The molecule has 1 rings (SSSR count). The van der Waals surface area contributed by atoms with Crippen LogP contribution in [0.4, 0.5) is 0 Å². The third kappa shape index (κ3) is 3.52. The molecule has 0 fully saturated rings. The molecule has 0 amide bonds. The molecule has 0 bridgehead atoms. The fourth-order valence-corrected chi connectivity index (χ4v) is 2.28. The number of nitrogens with one attached hydrogen (secondary N) is 2. The maximum absolute atomic E-state index is 11.9. The number of H-pyrrole nitrogens is 1. The number of sulfonamides is 1. The quantitative estimate of drug-likeness (QED) is 0.514. The van der Waals surface area contributed by atoms with E-state index < -0.39 is 16.0 Å². The monoisotopic (exact) mass is 277 g/mol. The first-order chi connectivity index (χ1) is 8.53. The van der Waals surface area contributed by atoms with Gasteiger partial charge >= 0.3 is 5.97 Å². The van der Waals surface area contributed by atoms with Crippen LogP contribution in [-0.2, 0) is 19.5 Å². The largest absolute Gasteiger partial charge is 0.462 e. The minimum absolute atomic E-state index is 0.0973. The van der Waals surface area contributed by atoms with Crippen LogP contribution in [-0.4, -0.2) is 51.5 Å². The molecular formula is C9H15N3O5S. The van der Waals surface area contributed by atoms with E-state index in [-0.39, 0.29) is 30.3 Å². The van der Waals surface area contributed by atoms with E-state index in [0.29, 0.717) is 0 Å². The number of aromatic amines is 1. The second-order valence-electron chi connectivity index (χ2n) is 3.22. The number of esters is 1. The van der Waals surface area contributed by atoms with Crippen molar-refractivity contribution in [2.24, 2.45) is 0 Å². The number of nitrogens with zero attached hydrogens (tertiary/aromatic N) is 1. The highest BCUT2D eigenvalue weighted by Gasteiger charge is 2.25. The maximum Gasteiger partial charge on any atom is 0.342 e. The maximum atomic E-state index is 11.9. The summed E-state index contributed by atoms with van der Waals surface area (Å²) in [5.74, 6) is -0.738. The van der Waals surface area contributed by atoms with Gasteiger partial charge in [0.25, 0.3) is 10.0 Å². The van der Waals surface area contributed by atoms with Gasteiger partial charge in [0.1, 0.15) is 5.56 Å². The summed E-state index contributed by atoms with van der Waals surface area (Å²) in [6.45, 7) is 2.10. The summed E-state index contributed by atoms with van der Waals surface area (Å²) in [5, 5.41) is 5.51. The Morgan fingerprint density at radius 1 is 1.56 bits per heavy atom. The van der Waals surface area contributed by atoms with E-state index in [1.807, 2.05) is 0 Å². The average Bonchev–Trinajstić information content (AvgIpc) is 2.79. The Labute approximate surface area is 105 Å². The molecule has 0 atom stereocenters. The first kappa shape index (κ1) is 14.6. The predicted octanol–water partition coefficient (Wildman–Crippen LogP) is -0.489. The first-order valence-corrected chi connectivity index (χ1v) is 6.70. The normalized spacial score (nSPS) is 11.4. The van der Waals surface area contributed by atoms with Gasteiger partial charge in [-0.25, -0.2) is 17.9 Å². The second kappa shape index (κ2) is 6.47. The van der Waals surface area contributed by atoms with Crippen molar-refractivity contribution in [3.05, 3.63) is 11.8 Å². The Morgan fingerprint density at radius 3 is 2.89 bits per heavy atom. The summed E-state index contributed by atoms with van der Waals surface area (Å²) < 4.78 is 35.4. The molecule has 0 aliphatic rings. The zero-order valence-electron chi connectivity index (χ0n) is 10.1. The van der Waals surface area contributed by atoms with E-state index in [4.69, 9.17) is 9.47 Å². The van der Waals surface area contributed by atoms with Gasteiger partial charge in [0.15, 0.2) is 5.03 Å². The third-order valence-electron chi connectivity index (χ3n) is 1.97. The van der Waals surface area contributed by atoms with Gasteiger partial charge in [0, 0.05) is 13.7 Å². The number of hydrogen-bond donors (Lipinski definition) is 2. The summed E-state index contributed by atoms with van der Waals surface area (Å²) in [4.78, 5) is 11.5. The summed E-state index contributed by atoms with van der Waals surface area (Å²) >= 11 is 0. The molecule has 0 spiro atoms. The van der Waals surface area contributed by atoms with E-state index in [0.717, 1.165) is 6.20 Å². The SMILES string of the molecule is CCOC(=O)c1cn[nH]c1S(=O)(=O)NCCOC. The van der Waals surface area contributed by atoms with Gasteiger partial charge in [0.2, 0.25) is 0 Å². The molecular weight excluding hydrogens is 262 g/mol. The highest BCUT2D eigenvalue weighted by Crippen LogP contribution is 2.12. The van der Waals surface area contributed by atoms with Gasteiger partial charge in [-0.1, -0.05) is 0 Å². The molecule has 0 saturated carbocycles. The lowest BCUT2D eigenvalue weighted by Crippen LogP contribution is -2.28. The standard InChI is InChI=1S/C9H15N3O5S/c1-3-17-9(13)7-6-10-12-8(7)18(14,15)11-4-5-16-2/h6,11H,3-5H2,1-2H3,(H,10,12). The predicted molar refractivity (Wildman–Crippen MR) is 61.6 cm³/mol. The minimum Gasteiger partial charge on any atom is -0.462 e. The molecule has 0 aromatic carbocycles. The van der Waals surface area contributed by atoms with Crippen LogP contribution in [0.25, 0.3) is 0 Å². The fraction of sp³-hybridized carbons (Fsp3) is 0.556. The van der Waals surface area contributed by atoms with Crippen LogP contribution >= 0.6 is 0 Å². The van der Waals surface area contributed by atoms with Crippen LogP contribution < -0.4 is 4.72 Å². The number of rotatable bonds is 7. The first-order valence-electron chi connectivity index (χ1n) is 5.22. The van der Waals surface area contributed by atoms with E-state index in [9.17, 15) is 13.2 Å². The second-order valence-corrected chi connectivity index (χ2v) is 4.93. The Morgan fingerprint density at radius 2 is 2.28 bits per heavy atom. The summed E-state index contributed by atoms with van der Waals surface area (Å²) in [7, 11) is -2.38. The molecule has 0 unspecified atom stereocenters. The van der Waals surface area contributed by atoms with Crippen molar-refractivity contribution < 1.29 is 22.7 Å². The van der Waals surface area contributed by atoms with Crippen molar-refractivity contribution in [1.82, 2.24) is 14.9 Å². The van der Waals surface area contributed by atoms with E-state index >= 15 is 0 Å². The summed E-state index contributed by atoms with van der Waals surface area (Å²) in [6, 6.07) is 0. The van der Waals surface area contributed by atoms with Crippen molar-refractivity contribution in [3.8, 4) is 0 Å². The molecule has 1 heterocycles.